The van der Waals surface area contributed by atoms with Gasteiger partial charge in [-0.05, 0) is 37.5 Å². The van der Waals surface area contributed by atoms with E-state index in [0.29, 0.717) is 38.3 Å². The maximum atomic E-state index is 12.7. The molecule has 7 heteroatoms. The van der Waals surface area contributed by atoms with E-state index in [1.807, 2.05) is 12.1 Å². The van der Waals surface area contributed by atoms with Gasteiger partial charge in [0.2, 0.25) is 0 Å². The SMILES string of the molecule is CCOC(=O)N1CCN(C(=O)c2ccc(NCCCc3ccccc3)nc2)CC1. The number of nitrogens with one attached hydrogen (secondary N) is 1. The van der Waals surface area contributed by atoms with Crippen LogP contribution in [0.15, 0.2) is 48.7 Å². The molecule has 0 saturated carbocycles. The molecule has 29 heavy (non-hydrogen) atoms. The minimum atomic E-state index is -0.316. The molecule has 154 valence electrons. The first-order valence-corrected chi connectivity index (χ1v) is 10.1. The Morgan fingerprint density at radius 2 is 1.76 bits per heavy atom. The van der Waals surface area contributed by atoms with Crippen molar-refractivity contribution in [2.75, 3.05) is 44.6 Å². The van der Waals surface area contributed by atoms with E-state index in [4.69, 9.17) is 4.74 Å². The van der Waals surface area contributed by atoms with Gasteiger partial charge in [-0.2, -0.15) is 0 Å². The molecule has 0 atom stereocenters. The second-order valence-corrected chi connectivity index (χ2v) is 6.93. The van der Waals surface area contributed by atoms with E-state index >= 15 is 0 Å². The third-order valence-electron chi connectivity index (χ3n) is 4.89. The number of ether oxygens (including phenoxy) is 1. The molecular formula is C22H28N4O3. The molecule has 1 aliphatic rings. The maximum Gasteiger partial charge on any atom is 0.409 e. The zero-order valence-electron chi connectivity index (χ0n) is 16.8. The minimum Gasteiger partial charge on any atom is -0.450 e. The summed E-state index contributed by atoms with van der Waals surface area (Å²) in [5.41, 5.74) is 1.88. The van der Waals surface area contributed by atoms with E-state index in [0.717, 1.165) is 25.2 Å². The number of nitrogens with zero attached hydrogens (tertiary/aromatic N) is 3. The number of benzene rings is 1. The summed E-state index contributed by atoms with van der Waals surface area (Å²) in [6.45, 7) is 4.93. The number of hydrogen-bond acceptors (Lipinski definition) is 5. The number of hydrogen-bond donors (Lipinski definition) is 1. The standard InChI is InChI=1S/C22H28N4O3/c1-2-29-22(28)26-15-13-25(14-16-26)21(27)19-10-11-20(24-17-19)23-12-6-9-18-7-4-3-5-8-18/h3-5,7-8,10-11,17H,2,6,9,12-16H2,1H3,(H,23,24). The second kappa shape index (κ2) is 10.5. The van der Waals surface area contributed by atoms with Gasteiger partial charge < -0.3 is 19.9 Å². The number of aryl methyl sites for hydroxylation is 1. The van der Waals surface area contributed by atoms with Gasteiger partial charge in [0.15, 0.2) is 0 Å². The Labute approximate surface area is 171 Å². The number of rotatable bonds is 7. The molecule has 7 nitrogen and oxygen atoms in total. The van der Waals surface area contributed by atoms with Gasteiger partial charge in [0.05, 0.1) is 12.2 Å². The molecule has 1 fully saturated rings. The van der Waals surface area contributed by atoms with Gasteiger partial charge in [0.1, 0.15) is 5.82 Å². The van der Waals surface area contributed by atoms with Gasteiger partial charge in [-0.1, -0.05) is 30.3 Å². The van der Waals surface area contributed by atoms with Gasteiger partial charge in [-0.15, -0.1) is 0 Å². The summed E-state index contributed by atoms with van der Waals surface area (Å²) in [6.07, 6.45) is 3.32. The van der Waals surface area contributed by atoms with Crippen molar-refractivity contribution >= 4 is 17.8 Å². The molecule has 0 radical (unpaired) electrons. The summed E-state index contributed by atoms with van der Waals surface area (Å²) in [5, 5.41) is 3.30. The summed E-state index contributed by atoms with van der Waals surface area (Å²) in [4.78, 5) is 32.2. The Hall–Kier alpha value is -3.09. The highest BCUT2D eigenvalue weighted by atomic mass is 16.6. The van der Waals surface area contributed by atoms with Crippen LogP contribution in [0.2, 0.25) is 0 Å². The Morgan fingerprint density at radius 3 is 2.41 bits per heavy atom. The first-order valence-electron chi connectivity index (χ1n) is 10.1. The number of piperazine rings is 1. The molecular weight excluding hydrogens is 368 g/mol. The largest absolute Gasteiger partial charge is 0.450 e. The fraction of sp³-hybridized carbons (Fsp3) is 0.409. The van der Waals surface area contributed by atoms with E-state index in [1.54, 1.807) is 29.0 Å². The Bertz CT molecular complexity index is 787. The molecule has 1 saturated heterocycles. The predicted octanol–water partition coefficient (Wildman–Crippen LogP) is 3.04. The van der Waals surface area contributed by atoms with Crippen molar-refractivity contribution in [2.24, 2.45) is 0 Å². The zero-order valence-corrected chi connectivity index (χ0v) is 16.8. The van der Waals surface area contributed by atoms with Crippen molar-refractivity contribution in [2.45, 2.75) is 19.8 Å². The highest BCUT2D eigenvalue weighted by Gasteiger charge is 2.25. The minimum absolute atomic E-state index is 0.0587. The molecule has 1 N–H and O–H groups in total. The fourth-order valence-electron chi connectivity index (χ4n) is 3.27. The molecule has 1 aromatic carbocycles. The summed E-state index contributed by atoms with van der Waals surface area (Å²) >= 11 is 0. The average Bonchev–Trinajstić information content (AvgIpc) is 2.78. The number of pyridine rings is 1. The van der Waals surface area contributed by atoms with Crippen LogP contribution in [0.3, 0.4) is 0 Å². The molecule has 0 unspecified atom stereocenters. The van der Waals surface area contributed by atoms with Gasteiger partial charge in [0.25, 0.3) is 5.91 Å². The fourth-order valence-corrected chi connectivity index (χ4v) is 3.27. The summed E-state index contributed by atoms with van der Waals surface area (Å²) in [7, 11) is 0. The predicted molar refractivity (Wildman–Crippen MR) is 112 cm³/mol. The van der Waals surface area contributed by atoms with Crippen LogP contribution in [0.1, 0.15) is 29.3 Å². The lowest BCUT2D eigenvalue weighted by Crippen LogP contribution is -2.50. The third kappa shape index (κ3) is 5.94. The normalized spacial score (nSPS) is 13.8. The lowest BCUT2D eigenvalue weighted by atomic mass is 10.1. The molecule has 1 aromatic heterocycles. The van der Waals surface area contributed by atoms with Crippen LogP contribution in [0.5, 0.6) is 0 Å². The Kier molecular flexibility index (Phi) is 7.44. The van der Waals surface area contributed by atoms with Crippen LogP contribution < -0.4 is 5.32 Å². The molecule has 1 aliphatic heterocycles. The van der Waals surface area contributed by atoms with E-state index in [9.17, 15) is 9.59 Å². The lowest BCUT2D eigenvalue weighted by molar-refractivity contribution is 0.0570. The van der Waals surface area contributed by atoms with Gasteiger partial charge in [-0.25, -0.2) is 9.78 Å². The first-order chi connectivity index (χ1) is 14.2. The van der Waals surface area contributed by atoms with Crippen molar-refractivity contribution in [1.29, 1.82) is 0 Å². The highest BCUT2D eigenvalue weighted by molar-refractivity contribution is 5.94. The number of carbonyl (C=O) groups excluding carboxylic acids is 2. The maximum absolute atomic E-state index is 12.7. The summed E-state index contributed by atoms with van der Waals surface area (Å²) in [5.74, 6) is 0.707. The molecule has 2 aromatic rings. The first kappa shape index (κ1) is 20.6. The van der Waals surface area contributed by atoms with Crippen LogP contribution in [0, 0.1) is 0 Å². The number of anilines is 1. The van der Waals surface area contributed by atoms with Crippen molar-refractivity contribution in [3.05, 3.63) is 59.8 Å². The van der Waals surface area contributed by atoms with Crippen LogP contribution >= 0.6 is 0 Å². The van der Waals surface area contributed by atoms with Crippen molar-refractivity contribution in [3.8, 4) is 0 Å². The zero-order chi connectivity index (χ0) is 20.5. The monoisotopic (exact) mass is 396 g/mol. The molecule has 2 heterocycles. The quantitative estimate of drug-likeness (QED) is 0.728. The van der Waals surface area contributed by atoms with Gasteiger partial charge in [0, 0.05) is 38.9 Å². The summed E-state index contributed by atoms with van der Waals surface area (Å²) in [6, 6.07) is 14.0. The van der Waals surface area contributed by atoms with Gasteiger partial charge >= 0.3 is 6.09 Å². The number of carbonyl (C=O) groups is 2. The van der Waals surface area contributed by atoms with Crippen molar-refractivity contribution in [1.82, 2.24) is 14.8 Å². The van der Waals surface area contributed by atoms with E-state index < -0.39 is 0 Å². The lowest BCUT2D eigenvalue weighted by Gasteiger charge is -2.34. The summed E-state index contributed by atoms with van der Waals surface area (Å²) < 4.78 is 5.01. The van der Waals surface area contributed by atoms with Crippen LogP contribution in [0.4, 0.5) is 10.6 Å². The van der Waals surface area contributed by atoms with E-state index in [1.165, 1.54) is 5.56 Å². The van der Waals surface area contributed by atoms with Gasteiger partial charge in [-0.3, -0.25) is 4.79 Å². The van der Waals surface area contributed by atoms with E-state index in [-0.39, 0.29) is 12.0 Å². The molecule has 2 amide bonds. The Morgan fingerprint density at radius 1 is 1.03 bits per heavy atom. The van der Waals surface area contributed by atoms with Crippen molar-refractivity contribution < 1.29 is 14.3 Å². The molecule has 0 aliphatic carbocycles. The topological polar surface area (TPSA) is 74.8 Å². The van der Waals surface area contributed by atoms with Crippen LogP contribution in [-0.4, -0.2) is 66.1 Å². The van der Waals surface area contributed by atoms with Crippen LogP contribution in [-0.2, 0) is 11.2 Å². The third-order valence-corrected chi connectivity index (χ3v) is 4.89. The molecule has 0 bridgehead atoms. The molecule has 3 rings (SSSR count). The Balaban J connectivity index is 1.42. The smallest absolute Gasteiger partial charge is 0.409 e. The number of aromatic nitrogens is 1. The van der Waals surface area contributed by atoms with Crippen molar-refractivity contribution in [3.63, 3.8) is 0 Å². The second-order valence-electron chi connectivity index (χ2n) is 6.93. The van der Waals surface area contributed by atoms with E-state index in [2.05, 4.69) is 34.6 Å². The average molecular weight is 396 g/mol. The number of amides is 2. The van der Waals surface area contributed by atoms with Crippen LogP contribution in [0.25, 0.3) is 0 Å². The highest BCUT2D eigenvalue weighted by Crippen LogP contribution is 2.12. The molecule has 0 spiro atoms.